The molecule has 0 fully saturated rings. The molecule has 2 N–H and O–H groups in total. The molecular weight excluding hydrogens is 130 g/mol. The molecule has 0 aromatic rings. The molecule has 0 heterocycles. The maximum absolute atomic E-state index is 10.2. The summed E-state index contributed by atoms with van der Waals surface area (Å²) in [6, 6.07) is 0. The van der Waals surface area contributed by atoms with Crippen molar-refractivity contribution in [2.75, 3.05) is 0 Å². The molecule has 1 aliphatic carbocycles. The van der Waals surface area contributed by atoms with Gasteiger partial charge in [0.2, 0.25) is 0 Å². The zero-order chi connectivity index (χ0) is 7.40. The number of rotatable bonds is 1. The van der Waals surface area contributed by atoms with E-state index < -0.39 is 6.09 Å². The van der Waals surface area contributed by atoms with Crippen LogP contribution in [-0.2, 0) is 4.74 Å². The summed E-state index contributed by atoms with van der Waals surface area (Å²) in [4.78, 5) is 10.2. The van der Waals surface area contributed by atoms with Crippen molar-refractivity contribution < 1.29 is 9.53 Å². The predicted molar refractivity (Wildman–Crippen MR) is 37.1 cm³/mol. The Morgan fingerprint density at radius 3 is 3.00 bits per heavy atom. The Morgan fingerprint density at radius 1 is 1.70 bits per heavy atom. The minimum Gasteiger partial charge on any atom is -0.415 e. The zero-order valence-corrected chi connectivity index (χ0v) is 5.54. The molecule has 0 aliphatic heterocycles. The van der Waals surface area contributed by atoms with Crippen molar-refractivity contribution in [3.63, 3.8) is 0 Å². The van der Waals surface area contributed by atoms with Crippen LogP contribution in [0.3, 0.4) is 0 Å². The van der Waals surface area contributed by atoms with Crippen LogP contribution in [-0.4, -0.2) is 6.09 Å². The summed E-state index contributed by atoms with van der Waals surface area (Å²) in [6.07, 6.45) is 6.55. The standard InChI is InChI=1S/C7H9NO2/c8-7(9)10-6-4-2-1-3-5-6/h1-2,4H,3,5H2,(H2,8,9). The summed E-state index contributed by atoms with van der Waals surface area (Å²) in [7, 11) is 0. The maximum Gasteiger partial charge on any atom is 0.409 e. The fourth-order valence-corrected chi connectivity index (χ4v) is 0.795. The first-order valence-electron chi connectivity index (χ1n) is 3.12. The van der Waals surface area contributed by atoms with E-state index in [9.17, 15) is 4.79 Å². The van der Waals surface area contributed by atoms with Gasteiger partial charge < -0.3 is 10.5 Å². The zero-order valence-electron chi connectivity index (χ0n) is 5.54. The fourth-order valence-electron chi connectivity index (χ4n) is 0.795. The lowest BCUT2D eigenvalue weighted by Gasteiger charge is -2.06. The third kappa shape index (κ3) is 1.93. The van der Waals surface area contributed by atoms with Gasteiger partial charge in [-0.25, -0.2) is 4.79 Å². The number of nitrogens with two attached hydrogens (primary N) is 1. The van der Waals surface area contributed by atoms with E-state index in [1.807, 2.05) is 12.2 Å². The van der Waals surface area contributed by atoms with Gasteiger partial charge in [-0.1, -0.05) is 12.2 Å². The number of carbonyl (C=O) groups excluding carboxylic acids is 1. The third-order valence-corrected chi connectivity index (χ3v) is 1.21. The van der Waals surface area contributed by atoms with Gasteiger partial charge in [-0.2, -0.15) is 0 Å². The molecule has 3 heteroatoms. The molecule has 0 aromatic carbocycles. The van der Waals surface area contributed by atoms with Crippen LogP contribution in [0, 0.1) is 0 Å². The Balaban J connectivity index is 2.47. The van der Waals surface area contributed by atoms with Crippen molar-refractivity contribution in [1.82, 2.24) is 0 Å². The molecule has 0 radical (unpaired) electrons. The lowest BCUT2D eigenvalue weighted by molar-refractivity contribution is 0.183. The fraction of sp³-hybridized carbons (Fsp3) is 0.286. The summed E-state index contributed by atoms with van der Waals surface area (Å²) in [5.41, 5.74) is 4.80. The highest BCUT2D eigenvalue weighted by Gasteiger charge is 2.02. The number of allylic oxidation sites excluding steroid dienone is 4. The van der Waals surface area contributed by atoms with Gasteiger partial charge >= 0.3 is 6.09 Å². The van der Waals surface area contributed by atoms with Crippen molar-refractivity contribution in [2.24, 2.45) is 5.73 Å². The number of amides is 1. The van der Waals surface area contributed by atoms with Crippen LogP contribution in [0.2, 0.25) is 0 Å². The van der Waals surface area contributed by atoms with E-state index in [1.165, 1.54) is 0 Å². The molecular formula is C7H9NO2. The summed E-state index contributed by atoms with van der Waals surface area (Å²) < 4.78 is 4.64. The molecule has 3 nitrogen and oxygen atoms in total. The van der Waals surface area contributed by atoms with Crippen LogP contribution < -0.4 is 5.73 Å². The second-order valence-corrected chi connectivity index (χ2v) is 2.02. The van der Waals surface area contributed by atoms with Crippen LogP contribution >= 0.6 is 0 Å². The average molecular weight is 139 g/mol. The quantitative estimate of drug-likeness (QED) is 0.595. The molecule has 0 atom stereocenters. The number of ether oxygens (including phenoxy) is 1. The molecule has 0 aromatic heterocycles. The van der Waals surface area contributed by atoms with E-state index in [-0.39, 0.29) is 0 Å². The van der Waals surface area contributed by atoms with E-state index in [4.69, 9.17) is 5.73 Å². The monoisotopic (exact) mass is 139 g/mol. The molecule has 0 unspecified atom stereocenters. The number of primary amides is 1. The molecule has 54 valence electrons. The van der Waals surface area contributed by atoms with Gasteiger partial charge in [0.15, 0.2) is 0 Å². The average Bonchev–Trinajstić information content (AvgIpc) is 1.88. The van der Waals surface area contributed by atoms with Gasteiger partial charge in [0, 0.05) is 6.42 Å². The molecule has 0 saturated carbocycles. The summed E-state index contributed by atoms with van der Waals surface area (Å²) in [5, 5.41) is 0. The Hall–Kier alpha value is -1.25. The molecule has 0 spiro atoms. The van der Waals surface area contributed by atoms with Crippen LogP contribution in [0.5, 0.6) is 0 Å². The molecule has 0 bridgehead atoms. The van der Waals surface area contributed by atoms with E-state index in [0.717, 1.165) is 12.8 Å². The minimum absolute atomic E-state index is 0.648. The van der Waals surface area contributed by atoms with Gasteiger partial charge in [0.1, 0.15) is 5.76 Å². The molecule has 1 rings (SSSR count). The lowest BCUT2D eigenvalue weighted by Crippen LogP contribution is -2.12. The minimum atomic E-state index is -0.735. The van der Waals surface area contributed by atoms with Crippen LogP contribution in [0.4, 0.5) is 4.79 Å². The highest BCUT2D eigenvalue weighted by atomic mass is 16.5. The van der Waals surface area contributed by atoms with Crippen molar-refractivity contribution in [1.29, 1.82) is 0 Å². The van der Waals surface area contributed by atoms with Gasteiger partial charge in [-0.05, 0) is 12.5 Å². The summed E-state index contributed by atoms with van der Waals surface area (Å²) in [6.45, 7) is 0. The molecule has 0 saturated heterocycles. The van der Waals surface area contributed by atoms with Gasteiger partial charge in [-0.3, -0.25) is 0 Å². The second-order valence-electron chi connectivity index (χ2n) is 2.02. The molecule has 1 aliphatic rings. The first-order valence-corrected chi connectivity index (χ1v) is 3.12. The number of hydrogen-bond donors (Lipinski definition) is 1. The Bertz CT molecular complexity index is 194. The van der Waals surface area contributed by atoms with E-state index >= 15 is 0 Å². The first-order chi connectivity index (χ1) is 4.79. The van der Waals surface area contributed by atoms with Crippen LogP contribution in [0.1, 0.15) is 12.8 Å². The van der Waals surface area contributed by atoms with Crippen molar-refractivity contribution in [2.45, 2.75) is 12.8 Å². The number of hydrogen-bond acceptors (Lipinski definition) is 2. The molecule has 1 amide bonds. The van der Waals surface area contributed by atoms with Crippen molar-refractivity contribution in [3.8, 4) is 0 Å². The first kappa shape index (κ1) is 6.86. The van der Waals surface area contributed by atoms with Crippen LogP contribution in [0.15, 0.2) is 24.0 Å². The van der Waals surface area contributed by atoms with Crippen molar-refractivity contribution in [3.05, 3.63) is 24.0 Å². The molecule has 10 heavy (non-hydrogen) atoms. The third-order valence-electron chi connectivity index (χ3n) is 1.21. The topological polar surface area (TPSA) is 52.3 Å². The normalized spacial score (nSPS) is 16.2. The van der Waals surface area contributed by atoms with Gasteiger partial charge in [0.05, 0.1) is 0 Å². The van der Waals surface area contributed by atoms with E-state index in [2.05, 4.69) is 4.74 Å². The van der Waals surface area contributed by atoms with Crippen LogP contribution in [0.25, 0.3) is 0 Å². The second kappa shape index (κ2) is 3.06. The SMILES string of the molecule is NC(=O)OC1=CC=CCC1. The van der Waals surface area contributed by atoms with Gasteiger partial charge in [0.25, 0.3) is 0 Å². The Kier molecular flexibility index (Phi) is 2.10. The van der Waals surface area contributed by atoms with E-state index in [1.54, 1.807) is 6.08 Å². The highest BCUT2D eigenvalue weighted by molar-refractivity contribution is 5.66. The largest absolute Gasteiger partial charge is 0.415 e. The lowest BCUT2D eigenvalue weighted by atomic mass is 10.2. The highest BCUT2D eigenvalue weighted by Crippen LogP contribution is 2.11. The predicted octanol–water partition coefficient (Wildman–Crippen LogP) is 1.32. The smallest absolute Gasteiger partial charge is 0.409 e. The Morgan fingerprint density at radius 2 is 2.50 bits per heavy atom. The summed E-state index contributed by atoms with van der Waals surface area (Å²) >= 11 is 0. The summed E-state index contributed by atoms with van der Waals surface area (Å²) in [5.74, 6) is 0.648. The van der Waals surface area contributed by atoms with E-state index in [0.29, 0.717) is 5.76 Å². The van der Waals surface area contributed by atoms with Crippen molar-refractivity contribution >= 4 is 6.09 Å². The number of carbonyl (C=O) groups is 1. The Labute approximate surface area is 59.2 Å². The van der Waals surface area contributed by atoms with Gasteiger partial charge in [-0.15, -0.1) is 0 Å². The maximum atomic E-state index is 10.2.